The first-order valence-corrected chi connectivity index (χ1v) is 7.68. The molecule has 0 saturated heterocycles. The second-order valence-corrected chi connectivity index (χ2v) is 5.67. The summed E-state index contributed by atoms with van der Waals surface area (Å²) in [6, 6.07) is 7.96. The van der Waals surface area contributed by atoms with E-state index in [1.807, 2.05) is 30.0 Å². The van der Waals surface area contributed by atoms with Crippen molar-refractivity contribution in [1.29, 1.82) is 0 Å². The van der Waals surface area contributed by atoms with E-state index in [-0.39, 0.29) is 5.75 Å². The predicted octanol–water partition coefficient (Wildman–Crippen LogP) is 2.78. The molecule has 1 aromatic heterocycles. The largest absolute Gasteiger partial charge is 0.506 e. The van der Waals surface area contributed by atoms with Crippen molar-refractivity contribution in [2.75, 3.05) is 12.3 Å². The van der Waals surface area contributed by atoms with Gasteiger partial charge >= 0.3 is 0 Å². The molecule has 20 heavy (non-hydrogen) atoms. The van der Waals surface area contributed by atoms with Crippen molar-refractivity contribution in [1.82, 2.24) is 10.3 Å². The van der Waals surface area contributed by atoms with Crippen LogP contribution < -0.4 is 5.32 Å². The second kappa shape index (κ2) is 7.18. The smallest absolute Gasteiger partial charge is 0.141 e. The molecule has 2 rings (SSSR count). The Morgan fingerprint density at radius 2 is 2.30 bits per heavy atom. The number of fused-ring (bicyclic) bond motifs is 1. The van der Waals surface area contributed by atoms with E-state index in [1.165, 1.54) is 5.56 Å². The van der Waals surface area contributed by atoms with Gasteiger partial charge in [-0.1, -0.05) is 18.1 Å². The Morgan fingerprint density at radius 3 is 3.10 bits per heavy atom. The molecule has 0 bridgehead atoms. The van der Waals surface area contributed by atoms with Gasteiger partial charge in [0.15, 0.2) is 0 Å². The summed E-state index contributed by atoms with van der Waals surface area (Å²) in [7, 11) is 0. The lowest BCUT2D eigenvalue weighted by Crippen LogP contribution is -2.28. The van der Waals surface area contributed by atoms with Crippen molar-refractivity contribution in [2.45, 2.75) is 18.7 Å². The van der Waals surface area contributed by atoms with Gasteiger partial charge in [0.05, 0.1) is 6.54 Å². The van der Waals surface area contributed by atoms with Crippen LogP contribution in [0.5, 0.6) is 5.75 Å². The summed E-state index contributed by atoms with van der Waals surface area (Å²) in [5.74, 6) is 4.70. The molecule has 4 heteroatoms. The standard InChI is InChI=1S/C16H18N2OS/c1-3-8-17-12(2)10-20-11-13-6-7-15(19)16-14(13)5-4-9-18-16/h1,4-7,9,12,17,19H,8,10-11H2,2H3/t12-/m0/s1. The Morgan fingerprint density at radius 1 is 1.45 bits per heavy atom. The van der Waals surface area contributed by atoms with E-state index in [9.17, 15) is 5.11 Å². The number of nitrogens with zero attached hydrogens (tertiary/aromatic N) is 1. The minimum absolute atomic E-state index is 0.235. The quantitative estimate of drug-likeness (QED) is 0.802. The highest BCUT2D eigenvalue weighted by molar-refractivity contribution is 7.98. The molecule has 0 aliphatic rings. The lowest BCUT2D eigenvalue weighted by molar-refractivity contribution is 0.480. The summed E-state index contributed by atoms with van der Waals surface area (Å²) < 4.78 is 0. The third-order valence-corrected chi connectivity index (χ3v) is 4.27. The number of benzene rings is 1. The van der Waals surface area contributed by atoms with Gasteiger partial charge in [0, 0.05) is 29.1 Å². The van der Waals surface area contributed by atoms with Crippen LogP contribution >= 0.6 is 11.8 Å². The summed E-state index contributed by atoms with van der Waals surface area (Å²) in [6.07, 6.45) is 6.92. The van der Waals surface area contributed by atoms with Crippen LogP contribution in [0.1, 0.15) is 12.5 Å². The molecule has 0 aliphatic heterocycles. The first-order chi connectivity index (χ1) is 9.72. The molecule has 104 valence electrons. The maximum atomic E-state index is 9.81. The highest BCUT2D eigenvalue weighted by atomic mass is 32.2. The van der Waals surface area contributed by atoms with Crippen LogP contribution in [0.2, 0.25) is 0 Å². The average Bonchev–Trinajstić information content (AvgIpc) is 2.48. The molecule has 3 nitrogen and oxygen atoms in total. The predicted molar refractivity (Wildman–Crippen MR) is 85.9 cm³/mol. The molecule has 0 fully saturated rings. The second-order valence-electron chi connectivity index (χ2n) is 4.64. The van der Waals surface area contributed by atoms with Crippen molar-refractivity contribution in [3.8, 4) is 18.1 Å². The van der Waals surface area contributed by atoms with E-state index in [1.54, 1.807) is 12.3 Å². The highest BCUT2D eigenvalue weighted by Crippen LogP contribution is 2.28. The Labute approximate surface area is 123 Å². The Hall–Kier alpha value is -1.70. The normalized spacial score (nSPS) is 12.2. The Kier molecular flexibility index (Phi) is 5.28. The van der Waals surface area contributed by atoms with Gasteiger partial charge in [-0.15, -0.1) is 6.42 Å². The molecule has 0 amide bonds. The number of nitrogens with one attached hydrogen (secondary N) is 1. The van der Waals surface area contributed by atoms with Crippen LogP contribution in [0, 0.1) is 12.3 Å². The molecule has 0 spiro atoms. The van der Waals surface area contributed by atoms with Crippen molar-refractivity contribution >= 4 is 22.7 Å². The van der Waals surface area contributed by atoms with E-state index in [0.29, 0.717) is 18.1 Å². The number of thioether (sulfide) groups is 1. The number of hydrogen-bond donors (Lipinski definition) is 2. The monoisotopic (exact) mass is 286 g/mol. The third kappa shape index (κ3) is 3.66. The number of phenolic OH excluding ortho intramolecular Hbond substituents is 1. The van der Waals surface area contributed by atoms with Crippen LogP contribution in [-0.2, 0) is 5.75 Å². The third-order valence-electron chi connectivity index (χ3n) is 3.02. The maximum absolute atomic E-state index is 9.81. The average molecular weight is 286 g/mol. The molecule has 2 N–H and O–H groups in total. The molecule has 0 unspecified atom stereocenters. The number of aromatic nitrogens is 1. The lowest BCUT2D eigenvalue weighted by atomic mass is 10.1. The fraction of sp³-hybridized carbons (Fsp3) is 0.312. The number of aromatic hydroxyl groups is 1. The van der Waals surface area contributed by atoms with Crippen LogP contribution in [0.25, 0.3) is 10.9 Å². The van der Waals surface area contributed by atoms with Gasteiger partial charge in [0.1, 0.15) is 11.3 Å². The summed E-state index contributed by atoms with van der Waals surface area (Å²) >= 11 is 1.85. The number of hydrogen-bond acceptors (Lipinski definition) is 4. The minimum Gasteiger partial charge on any atom is -0.506 e. The zero-order valence-electron chi connectivity index (χ0n) is 11.5. The molecule has 1 atom stereocenters. The van der Waals surface area contributed by atoms with Gasteiger partial charge in [-0.25, -0.2) is 0 Å². The Balaban J connectivity index is 2.00. The molecule has 0 saturated carbocycles. The number of pyridine rings is 1. The molecule has 2 aromatic rings. The molecular formula is C16H18N2OS. The van der Waals surface area contributed by atoms with Crippen molar-refractivity contribution in [3.05, 3.63) is 36.0 Å². The van der Waals surface area contributed by atoms with Crippen LogP contribution in [0.3, 0.4) is 0 Å². The molecule has 0 aliphatic carbocycles. The fourth-order valence-corrected chi connectivity index (χ4v) is 3.04. The number of phenols is 1. The van der Waals surface area contributed by atoms with Gasteiger partial charge in [0.2, 0.25) is 0 Å². The highest BCUT2D eigenvalue weighted by Gasteiger charge is 2.07. The van der Waals surface area contributed by atoms with Gasteiger partial charge in [0.25, 0.3) is 0 Å². The Bertz CT molecular complexity index is 621. The van der Waals surface area contributed by atoms with E-state index in [4.69, 9.17) is 6.42 Å². The maximum Gasteiger partial charge on any atom is 0.141 e. The zero-order valence-corrected chi connectivity index (χ0v) is 12.3. The number of rotatable bonds is 6. The summed E-state index contributed by atoms with van der Waals surface area (Å²) in [6.45, 7) is 2.73. The van der Waals surface area contributed by atoms with Gasteiger partial charge < -0.3 is 10.4 Å². The van der Waals surface area contributed by atoms with Crippen LogP contribution in [-0.4, -0.2) is 28.4 Å². The summed E-state index contributed by atoms with van der Waals surface area (Å²) in [5, 5.41) is 14.1. The van der Waals surface area contributed by atoms with Gasteiger partial charge in [-0.3, -0.25) is 4.98 Å². The zero-order chi connectivity index (χ0) is 14.4. The first-order valence-electron chi connectivity index (χ1n) is 6.52. The summed E-state index contributed by atoms with van der Waals surface area (Å²) in [5.41, 5.74) is 1.86. The first kappa shape index (κ1) is 14.7. The van der Waals surface area contributed by atoms with Gasteiger partial charge in [-0.05, 0) is 24.6 Å². The van der Waals surface area contributed by atoms with Gasteiger partial charge in [-0.2, -0.15) is 11.8 Å². The number of terminal acetylenes is 1. The topological polar surface area (TPSA) is 45.1 Å². The van der Waals surface area contributed by atoms with E-state index in [2.05, 4.69) is 23.1 Å². The molecule has 0 radical (unpaired) electrons. The van der Waals surface area contributed by atoms with E-state index < -0.39 is 0 Å². The molecule has 1 heterocycles. The minimum atomic E-state index is 0.235. The summed E-state index contributed by atoms with van der Waals surface area (Å²) in [4.78, 5) is 4.23. The SMILES string of the molecule is C#CCN[C@@H](C)CSCc1ccc(O)c2ncccc12. The molecule has 1 aromatic carbocycles. The lowest BCUT2D eigenvalue weighted by Gasteiger charge is -2.12. The molecular weight excluding hydrogens is 268 g/mol. The van der Waals surface area contributed by atoms with Crippen molar-refractivity contribution < 1.29 is 5.11 Å². The van der Waals surface area contributed by atoms with Crippen molar-refractivity contribution in [3.63, 3.8) is 0 Å². The van der Waals surface area contributed by atoms with E-state index >= 15 is 0 Å². The van der Waals surface area contributed by atoms with E-state index in [0.717, 1.165) is 16.9 Å². The van der Waals surface area contributed by atoms with Crippen LogP contribution in [0.4, 0.5) is 0 Å². The van der Waals surface area contributed by atoms with Crippen LogP contribution in [0.15, 0.2) is 30.5 Å². The van der Waals surface area contributed by atoms with Crippen molar-refractivity contribution in [2.24, 2.45) is 0 Å². The fourth-order valence-electron chi connectivity index (χ4n) is 1.98.